The molecule has 0 radical (unpaired) electrons. The molecular weight excluding hydrogens is 1130 g/mol. The van der Waals surface area contributed by atoms with Crippen LogP contribution in [0.1, 0.15) is 64.8 Å². The number of carbonyl (C=O) groups is 4. The highest BCUT2D eigenvalue weighted by molar-refractivity contribution is 6.45. The molecule has 2 aliphatic heterocycles. The van der Waals surface area contributed by atoms with Gasteiger partial charge in [-0.2, -0.15) is 14.9 Å². The first-order valence-corrected chi connectivity index (χ1v) is 28.9. The molecule has 5 aromatic heterocycles. The van der Waals surface area contributed by atoms with Crippen molar-refractivity contribution in [1.82, 2.24) is 59.9 Å². The van der Waals surface area contributed by atoms with Crippen LogP contribution < -0.4 is 20.3 Å². The number of piperidine rings is 1. The lowest BCUT2D eigenvalue weighted by molar-refractivity contribution is -0.126. The number of nitrogens with zero attached hydrogens (tertiary/aromatic N) is 12. The lowest BCUT2D eigenvalue weighted by Crippen LogP contribution is -2.40. The average molecular weight is 1210 g/mol. The Hall–Kier alpha value is -8.18. The van der Waals surface area contributed by atoms with Crippen molar-refractivity contribution < 1.29 is 66.9 Å². The van der Waals surface area contributed by atoms with E-state index in [1.807, 2.05) is 41.4 Å². The number of methoxy groups -OCH3 is 1. The molecule has 29 heteroatoms. The molecule has 466 valence electrons. The molecule has 2 fully saturated rings. The van der Waals surface area contributed by atoms with Crippen LogP contribution in [0, 0.1) is 11.3 Å². The maximum absolute atomic E-state index is 13.9. The highest BCUT2D eigenvalue weighted by Gasteiger charge is 2.35. The van der Waals surface area contributed by atoms with Gasteiger partial charge in [-0.3, -0.25) is 19.2 Å². The highest BCUT2D eigenvalue weighted by Crippen LogP contribution is 2.33. The van der Waals surface area contributed by atoms with Gasteiger partial charge >= 0.3 is 0 Å². The molecule has 7 heterocycles. The standard InChI is InChI=1S/C58H75N15O14/c1-41(75)11-17-80-20-23-83-26-27-85-25-22-82-19-16-71-36-45(67-69-71)39-87-31-30-86-29-28-84-24-21-81-18-13-61-58-60-12-8-50(66-58)72-37-44(32-46(72)38-74)65-56(77)54-64-40-73(68-54)55-52-51(49(79-2)35-63-55)48(34-62-52)53(76)57(78)70-14-9-43(10-15-70)47(33-59)42-6-4-3-5-7-42/h3-8,12,34-36,40,44,46,62,74H,9-11,13-32,37-39H2,1-2H3,(H,65,77)(H,60,61,66)/t44-,46-/m0/s1. The number of ketones is 2. The number of nitriles is 1. The van der Waals surface area contributed by atoms with Gasteiger partial charge in [0.2, 0.25) is 11.8 Å². The average Bonchev–Trinajstić information content (AvgIpc) is 2.04. The summed E-state index contributed by atoms with van der Waals surface area (Å²) in [4.78, 5) is 76.3. The third kappa shape index (κ3) is 19.4. The molecule has 2 amide bonds. The second kappa shape index (κ2) is 34.8. The minimum absolute atomic E-state index is 0.0794. The van der Waals surface area contributed by atoms with Crippen LogP contribution in [0.3, 0.4) is 0 Å². The Balaban J connectivity index is 0.672. The molecule has 1 aromatic carbocycles. The summed E-state index contributed by atoms with van der Waals surface area (Å²) in [6.45, 7) is 9.88. The first-order valence-electron chi connectivity index (χ1n) is 28.9. The first kappa shape index (κ1) is 64.8. The van der Waals surface area contributed by atoms with E-state index in [1.165, 1.54) is 42.3 Å². The van der Waals surface area contributed by atoms with Crippen LogP contribution in [0.15, 0.2) is 73.1 Å². The third-order valence-corrected chi connectivity index (χ3v) is 14.0. The number of hydrogen-bond acceptors (Lipinski definition) is 24. The number of aromatic nitrogens is 10. The van der Waals surface area contributed by atoms with Gasteiger partial charge in [-0.05, 0) is 43.4 Å². The van der Waals surface area contributed by atoms with Crippen LogP contribution in [0.2, 0.25) is 0 Å². The van der Waals surface area contributed by atoms with Crippen molar-refractivity contribution in [1.29, 1.82) is 5.26 Å². The number of nitrogens with one attached hydrogen (secondary N) is 3. The van der Waals surface area contributed by atoms with Crippen LogP contribution in [0.25, 0.3) is 22.3 Å². The monoisotopic (exact) mass is 1210 g/mol. The van der Waals surface area contributed by atoms with E-state index in [2.05, 4.69) is 57.0 Å². The number of H-pyrrole nitrogens is 1. The van der Waals surface area contributed by atoms with Gasteiger partial charge in [-0.15, -0.1) is 10.2 Å². The number of amides is 2. The van der Waals surface area contributed by atoms with Crippen LogP contribution in [-0.4, -0.2) is 234 Å². The minimum Gasteiger partial charge on any atom is -0.494 e. The summed E-state index contributed by atoms with van der Waals surface area (Å²) < 4.78 is 53.0. The summed E-state index contributed by atoms with van der Waals surface area (Å²) in [5.41, 5.74) is 3.46. The Morgan fingerprint density at radius 1 is 0.816 bits per heavy atom. The van der Waals surface area contributed by atoms with E-state index in [1.54, 1.807) is 16.9 Å². The van der Waals surface area contributed by atoms with Gasteiger partial charge in [0.1, 0.15) is 29.4 Å². The van der Waals surface area contributed by atoms with Crippen molar-refractivity contribution in [2.45, 2.75) is 57.8 Å². The predicted molar refractivity (Wildman–Crippen MR) is 312 cm³/mol. The summed E-state index contributed by atoms with van der Waals surface area (Å²) in [7, 11) is 1.43. The molecule has 87 heavy (non-hydrogen) atoms. The van der Waals surface area contributed by atoms with Crippen LogP contribution in [-0.2, 0) is 60.6 Å². The molecule has 2 aliphatic rings. The van der Waals surface area contributed by atoms with E-state index in [4.69, 9.17) is 42.6 Å². The summed E-state index contributed by atoms with van der Waals surface area (Å²) in [5, 5.41) is 39.4. The number of ether oxygens (including phenoxy) is 9. The number of Topliss-reactive ketones (excluding diaryl/α,β-unsaturated/α-hetero) is 2. The second-order valence-electron chi connectivity index (χ2n) is 20.0. The summed E-state index contributed by atoms with van der Waals surface area (Å²) in [6, 6.07) is 12.7. The number of carbonyl (C=O) groups excluding carboxylic acids is 4. The topological polar surface area (TPSA) is 342 Å². The highest BCUT2D eigenvalue weighted by atomic mass is 16.6. The van der Waals surface area contributed by atoms with E-state index in [-0.39, 0.29) is 54.5 Å². The lowest BCUT2D eigenvalue weighted by atomic mass is 9.93. The zero-order valence-electron chi connectivity index (χ0n) is 49.0. The molecule has 29 nitrogen and oxygen atoms in total. The number of aromatic amines is 1. The summed E-state index contributed by atoms with van der Waals surface area (Å²) in [5.74, 6) is -0.636. The number of rotatable bonds is 39. The quantitative estimate of drug-likeness (QED) is 0.0186. The fraction of sp³-hybridized carbons (Fsp3) is 0.517. The fourth-order valence-corrected chi connectivity index (χ4v) is 9.56. The van der Waals surface area contributed by atoms with Gasteiger partial charge in [0.15, 0.2) is 5.82 Å². The Morgan fingerprint density at radius 3 is 2.15 bits per heavy atom. The molecule has 0 saturated carbocycles. The molecule has 0 unspecified atom stereocenters. The number of hydrogen-bond donors (Lipinski definition) is 4. The normalized spacial score (nSPS) is 15.0. The van der Waals surface area contributed by atoms with Gasteiger partial charge < -0.3 is 73.2 Å². The Labute approximate surface area is 502 Å². The number of benzene rings is 1. The number of fused-ring (bicyclic) bond motifs is 1. The van der Waals surface area contributed by atoms with Crippen molar-refractivity contribution in [3.63, 3.8) is 0 Å². The predicted octanol–water partition coefficient (Wildman–Crippen LogP) is 2.41. The van der Waals surface area contributed by atoms with E-state index in [0.29, 0.717) is 185 Å². The maximum Gasteiger partial charge on any atom is 0.295 e. The second-order valence-corrected chi connectivity index (χ2v) is 20.0. The number of likely N-dealkylation sites (tertiary alicyclic amines) is 1. The van der Waals surface area contributed by atoms with Crippen molar-refractivity contribution in [3.05, 3.63) is 95.7 Å². The zero-order valence-corrected chi connectivity index (χ0v) is 49.0. The van der Waals surface area contributed by atoms with Gasteiger partial charge in [0, 0.05) is 51.0 Å². The SMILES string of the molecule is COc1cnc(-n2cnc(C(=O)N[C@H]3C[C@@H](CO)N(c4ccnc(NCCOCCOCCOCCOCc5cn(CCOCCOCCOCCOCCC(C)=O)nn5)n4)C3)n2)c2[nH]cc(C(=O)C(=O)N3CCC(=C(C#N)c4ccccc4)CC3)c12. The van der Waals surface area contributed by atoms with Gasteiger partial charge in [0.25, 0.3) is 17.6 Å². The van der Waals surface area contributed by atoms with Crippen molar-refractivity contribution in [3.8, 4) is 17.6 Å². The Kier molecular flexibility index (Phi) is 25.9. The van der Waals surface area contributed by atoms with Crippen LogP contribution >= 0.6 is 0 Å². The lowest BCUT2D eigenvalue weighted by Gasteiger charge is -2.28. The van der Waals surface area contributed by atoms with Crippen LogP contribution in [0.4, 0.5) is 11.8 Å². The summed E-state index contributed by atoms with van der Waals surface area (Å²) in [6.07, 6.45) is 9.34. The van der Waals surface area contributed by atoms with Crippen molar-refractivity contribution >= 4 is 51.6 Å². The third-order valence-electron chi connectivity index (χ3n) is 14.0. The number of pyridine rings is 1. The number of allylic oxidation sites excluding steroid dienone is 1. The van der Waals surface area contributed by atoms with Gasteiger partial charge in [0.05, 0.1) is 173 Å². The molecule has 6 aromatic rings. The van der Waals surface area contributed by atoms with Crippen molar-refractivity contribution in [2.24, 2.45) is 0 Å². The molecule has 8 rings (SSSR count). The molecule has 4 N–H and O–H groups in total. The van der Waals surface area contributed by atoms with E-state index >= 15 is 0 Å². The molecule has 2 atom stereocenters. The van der Waals surface area contributed by atoms with E-state index in [0.717, 1.165) is 11.1 Å². The van der Waals surface area contributed by atoms with Crippen molar-refractivity contribution in [2.75, 3.05) is 149 Å². The maximum atomic E-state index is 13.9. The smallest absolute Gasteiger partial charge is 0.295 e. The largest absolute Gasteiger partial charge is 0.494 e. The van der Waals surface area contributed by atoms with E-state index in [9.17, 15) is 29.5 Å². The number of anilines is 2. The van der Waals surface area contributed by atoms with E-state index < -0.39 is 23.6 Å². The number of aliphatic hydroxyl groups excluding tert-OH is 1. The minimum atomic E-state index is -0.743. The van der Waals surface area contributed by atoms with Gasteiger partial charge in [-0.1, -0.05) is 35.5 Å². The Morgan fingerprint density at radius 2 is 1.48 bits per heavy atom. The first-order chi connectivity index (χ1) is 42.6. The molecular formula is C58H75N15O14. The zero-order chi connectivity index (χ0) is 61.0. The molecule has 2 saturated heterocycles. The fourth-order valence-electron chi connectivity index (χ4n) is 9.56. The molecule has 0 spiro atoms. The molecule has 0 bridgehead atoms. The number of aliphatic hydroxyl groups is 1. The molecule has 0 aliphatic carbocycles. The summed E-state index contributed by atoms with van der Waals surface area (Å²) >= 11 is 0. The Bertz CT molecular complexity index is 3210. The van der Waals surface area contributed by atoms with Crippen LogP contribution in [0.5, 0.6) is 5.75 Å². The van der Waals surface area contributed by atoms with Gasteiger partial charge in [-0.25, -0.2) is 19.6 Å².